The molecule has 0 spiro atoms. The predicted molar refractivity (Wildman–Crippen MR) is 156 cm³/mol. The number of nitrogens with zero attached hydrogens (tertiary/aromatic N) is 4. The van der Waals surface area contributed by atoms with Crippen LogP contribution in [0.25, 0.3) is 11.4 Å². The third kappa shape index (κ3) is 5.60. The molecule has 212 valence electrons. The van der Waals surface area contributed by atoms with Crippen molar-refractivity contribution in [3.05, 3.63) is 83.9 Å². The van der Waals surface area contributed by atoms with E-state index in [1.54, 1.807) is 12.4 Å². The van der Waals surface area contributed by atoms with Gasteiger partial charge in [0.2, 0.25) is 0 Å². The Morgan fingerprint density at radius 2 is 1.95 bits per heavy atom. The lowest BCUT2D eigenvalue weighted by Gasteiger charge is -2.40. The molecule has 2 aromatic heterocycles. The fourth-order valence-electron chi connectivity index (χ4n) is 5.45. The van der Waals surface area contributed by atoms with E-state index in [4.69, 9.17) is 14.5 Å². The molecule has 10 nitrogen and oxygen atoms in total. The number of benzene rings is 2. The summed E-state index contributed by atoms with van der Waals surface area (Å²) >= 11 is 0. The van der Waals surface area contributed by atoms with Gasteiger partial charge in [-0.15, -0.1) is 0 Å². The van der Waals surface area contributed by atoms with Gasteiger partial charge in [-0.25, -0.2) is 4.98 Å². The molecule has 0 unspecified atom stereocenters. The molecular weight excluding hydrogens is 518 g/mol. The van der Waals surface area contributed by atoms with Gasteiger partial charge in [0.15, 0.2) is 23.1 Å². The van der Waals surface area contributed by atoms with Gasteiger partial charge in [0.25, 0.3) is 5.91 Å². The van der Waals surface area contributed by atoms with Gasteiger partial charge in [-0.05, 0) is 62.7 Å². The van der Waals surface area contributed by atoms with Gasteiger partial charge >= 0.3 is 0 Å². The van der Waals surface area contributed by atoms with E-state index in [2.05, 4.69) is 44.7 Å². The zero-order valence-electron chi connectivity index (χ0n) is 23.4. The smallest absolute Gasteiger partial charge is 0.251 e. The summed E-state index contributed by atoms with van der Waals surface area (Å²) in [7, 11) is 2.13. The number of aromatic amines is 1. The van der Waals surface area contributed by atoms with Gasteiger partial charge in [-0.3, -0.25) is 14.9 Å². The van der Waals surface area contributed by atoms with Gasteiger partial charge in [0.1, 0.15) is 6.61 Å². The molecular formula is C31H35N7O3. The van der Waals surface area contributed by atoms with Crippen LogP contribution in [0.5, 0.6) is 11.5 Å². The minimum absolute atomic E-state index is 0.160. The molecule has 2 aromatic carbocycles. The van der Waals surface area contributed by atoms with Crippen LogP contribution < -0.4 is 20.1 Å². The number of piperidine rings is 1. The number of hydrogen-bond donors (Lipinski definition) is 3. The number of nitrogens with one attached hydrogen (secondary N) is 3. The number of ether oxygens (including phenoxy) is 2. The van der Waals surface area contributed by atoms with Crippen molar-refractivity contribution >= 4 is 11.6 Å². The van der Waals surface area contributed by atoms with Crippen LogP contribution in [0.2, 0.25) is 0 Å². The quantitative estimate of drug-likeness (QED) is 0.276. The van der Waals surface area contributed by atoms with Gasteiger partial charge in [-0.1, -0.05) is 25.1 Å². The highest BCUT2D eigenvalue weighted by Gasteiger charge is 2.39. The number of amides is 1. The molecule has 4 aromatic rings. The van der Waals surface area contributed by atoms with Crippen molar-refractivity contribution in [1.29, 1.82) is 0 Å². The van der Waals surface area contributed by atoms with Crippen LogP contribution >= 0.6 is 0 Å². The average molecular weight is 554 g/mol. The van der Waals surface area contributed by atoms with E-state index in [0.29, 0.717) is 30.4 Å². The number of fused-ring (bicyclic) bond motifs is 1. The first-order valence-corrected chi connectivity index (χ1v) is 14.1. The Balaban J connectivity index is 1.21. The Kier molecular flexibility index (Phi) is 7.56. The average Bonchev–Trinajstić information content (AvgIpc) is 3.67. The number of likely N-dealkylation sites (tertiary alicyclic amines) is 1. The normalized spacial score (nSPS) is 17.9. The third-order valence-electron chi connectivity index (χ3n) is 7.77. The lowest BCUT2D eigenvalue weighted by atomic mass is 9.86. The molecule has 3 N–H and O–H groups in total. The summed E-state index contributed by atoms with van der Waals surface area (Å²) in [6, 6.07) is 17.0. The zero-order valence-corrected chi connectivity index (χ0v) is 23.4. The highest BCUT2D eigenvalue weighted by Crippen LogP contribution is 2.40. The van der Waals surface area contributed by atoms with Crippen LogP contribution in [0, 0.1) is 0 Å². The Hall–Kier alpha value is -4.44. The maximum absolute atomic E-state index is 13.4. The molecule has 2 aliphatic heterocycles. The van der Waals surface area contributed by atoms with Crippen molar-refractivity contribution in [2.75, 3.05) is 38.7 Å². The fourth-order valence-corrected chi connectivity index (χ4v) is 5.45. The van der Waals surface area contributed by atoms with Crippen LogP contribution in [0.1, 0.15) is 54.0 Å². The van der Waals surface area contributed by atoms with E-state index in [1.165, 1.54) is 0 Å². The highest BCUT2D eigenvalue weighted by molar-refractivity contribution is 5.95. The minimum atomic E-state index is -0.451. The third-order valence-corrected chi connectivity index (χ3v) is 7.77. The predicted octanol–water partition coefficient (Wildman–Crippen LogP) is 4.55. The highest BCUT2D eigenvalue weighted by atomic mass is 16.5. The maximum atomic E-state index is 13.4. The zero-order chi connectivity index (χ0) is 28.2. The Labute approximate surface area is 239 Å². The van der Waals surface area contributed by atoms with Crippen molar-refractivity contribution in [3.63, 3.8) is 0 Å². The number of hydrogen-bond acceptors (Lipinski definition) is 8. The summed E-state index contributed by atoms with van der Waals surface area (Å²) in [6.07, 6.45) is 6.06. The fraction of sp³-hybridized carbons (Fsp3) is 0.355. The second-order valence-corrected chi connectivity index (χ2v) is 10.7. The number of carbonyl (C=O) groups excluding carboxylic acids is 1. The summed E-state index contributed by atoms with van der Waals surface area (Å²) in [5.74, 6) is 2.69. The molecule has 0 radical (unpaired) electrons. The second kappa shape index (κ2) is 11.6. The molecule has 1 atom stereocenters. The lowest BCUT2D eigenvalue weighted by Crippen LogP contribution is -2.46. The van der Waals surface area contributed by atoms with E-state index in [1.807, 2.05) is 54.6 Å². The molecule has 4 heterocycles. The van der Waals surface area contributed by atoms with Crippen LogP contribution in [0.3, 0.4) is 0 Å². The molecule has 2 aliphatic rings. The number of para-hydroxylation sites is 1. The van der Waals surface area contributed by atoms with Gasteiger partial charge in [-0.2, -0.15) is 5.10 Å². The Morgan fingerprint density at radius 1 is 1.15 bits per heavy atom. The Morgan fingerprint density at radius 3 is 2.76 bits per heavy atom. The molecule has 0 aliphatic carbocycles. The van der Waals surface area contributed by atoms with Crippen molar-refractivity contribution in [3.8, 4) is 22.9 Å². The van der Waals surface area contributed by atoms with E-state index in [0.717, 1.165) is 60.7 Å². The van der Waals surface area contributed by atoms with Gasteiger partial charge in [0, 0.05) is 47.9 Å². The second-order valence-electron chi connectivity index (χ2n) is 10.7. The van der Waals surface area contributed by atoms with Crippen LogP contribution in [-0.2, 0) is 5.54 Å². The summed E-state index contributed by atoms with van der Waals surface area (Å²) in [4.78, 5) is 24.7. The van der Waals surface area contributed by atoms with E-state index < -0.39 is 5.54 Å². The summed E-state index contributed by atoms with van der Waals surface area (Å²) in [5.41, 5.74) is 2.81. The van der Waals surface area contributed by atoms with E-state index >= 15 is 0 Å². The largest absolute Gasteiger partial charge is 0.490 e. The van der Waals surface area contributed by atoms with Crippen molar-refractivity contribution in [2.24, 2.45) is 0 Å². The SMILES string of the molecule is CCCOc1cccc2c1OC[C@H]2NC(=O)c1cccc(NC2(c3nc(-c4ccncc4)n[nH]3)CCN(C)CC2)c1. The van der Waals surface area contributed by atoms with Crippen molar-refractivity contribution in [1.82, 2.24) is 30.4 Å². The summed E-state index contributed by atoms with van der Waals surface area (Å²) < 4.78 is 11.8. The van der Waals surface area contributed by atoms with Gasteiger partial charge in [0.05, 0.1) is 18.2 Å². The lowest BCUT2D eigenvalue weighted by molar-refractivity contribution is 0.0930. The molecule has 1 saturated heterocycles. The molecule has 0 saturated carbocycles. The minimum Gasteiger partial charge on any atom is -0.490 e. The van der Waals surface area contributed by atoms with Crippen LogP contribution in [0.15, 0.2) is 67.0 Å². The monoisotopic (exact) mass is 553 g/mol. The molecule has 1 fully saturated rings. The van der Waals surface area contributed by atoms with E-state index in [-0.39, 0.29) is 11.9 Å². The Bertz CT molecular complexity index is 1500. The van der Waals surface area contributed by atoms with Gasteiger partial charge < -0.3 is 25.0 Å². The molecule has 6 rings (SSSR count). The first-order chi connectivity index (χ1) is 20.0. The molecule has 0 bridgehead atoms. The topological polar surface area (TPSA) is 117 Å². The first kappa shape index (κ1) is 26.8. The summed E-state index contributed by atoms with van der Waals surface area (Å²) in [6.45, 7) is 4.87. The standard InChI is InChI=1S/C31H35N7O3/c1-3-18-40-26-9-5-8-24-25(20-41-27(24)26)33-29(39)22-6-4-7-23(19-22)35-31(12-16-38(2)17-13-31)30-34-28(36-37-30)21-10-14-32-15-11-21/h4-11,14-15,19,25,35H,3,12-13,16-18,20H2,1-2H3,(H,33,39)(H,34,36,37)/t25-/m1/s1. The number of anilines is 1. The number of H-pyrrole nitrogens is 1. The van der Waals surface area contributed by atoms with E-state index in [9.17, 15) is 4.79 Å². The molecule has 1 amide bonds. The first-order valence-electron chi connectivity index (χ1n) is 14.1. The van der Waals surface area contributed by atoms with Crippen molar-refractivity contribution < 1.29 is 14.3 Å². The number of aromatic nitrogens is 4. The van der Waals surface area contributed by atoms with Crippen molar-refractivity contribution in [2.45, 2.75) is 37.8 Å². The molecule has 41 heavy (non-hydrogen) atoms. The van der Waals surface area contributed by atoms with Crippen LogP contribution in [0.4, 0.5) is 5.69 Å². The van der Waals surface area contributed by atoms with Crippen LogP contribution in [-0.4, -0.2) is 64.3 Å². The summed E-state index contributed by atoms with van der Waals surface area (Å²) in [5, 5.41) is 14.6. The number of pyridine rings is 1. The number of carbonyl (C=O) groups is 1. The maximum Gasteiger partial charge on any atom is 0.251 e. The number of rotatable bonds is 9. The molecule has 10 heteroatoms.